The fraction of sp³-hybridized carbons (Fsp3) is 0.571. The Balaban J connectivity index is 2.04. The summed E-state index contributed by atoms with van der Waals surface area (Å²) in [7, 11) is 0. The summed E-state index contributed by atoms with van der Waals surface area (Å²) in [6.45, 7) is -0.469. The molecule has 1 fully saturated rings. The summed E-state index contributed by atoms with van der Waals surface area (Å²) >= 11 is 0. The van der Waals surface area contributed by atoms with Gasteiger partial charge in [0.2, 0.25) is 0 Å². The van der Waals surface area contributed by atoms with E-state index in [2.05, 4.69) is 0 Å². The lowest BCUT2D eigenvalue weighted by atomic mass is 9.91. The van der Waals surface area contributed by atoms with E-state index in [-0.39, 0.29) is 6.42 Å². The summed E-state index contributed by atoms with van der Waals surface area (Å²) in [6, 6.07) is 8.88. The first-order chi connectivity index (χ1) is 9.54. The van der Waals surface area contributed by atoms with Crippen LogP contribution in [0, 0.1) is 0 Å². The fourth-order valence-electron chi connectivity index (χ4n) is 2.40. The third kappa shape index (κ3) is 3.17. The summed E-state index contributed by atoms with van der Waals surface area (Å²) in [4.78, 5) is 0. The highest BCUT2D eigenvalue weighted by molar-refractivity contribution is 5.17. The van der Waals surface area contributed by atoms with Crippen LogP contribution in [0.25, 0.3) is 0 Å². The monoisotopic (exact) mass is 284 g/mol. The van der Waals surface area contributed by atoms with Gasteiger partial charge in [-0.05, 0) is 5.56 Å². The molecule has 0 spiro atoms. The van der Waals surface area contributed by atoms with Crippen LogP contribution in [0.2, 0.25) is 0 Å². The van der Waals surface area contributed by atoms with E-state index < -0.39 is 43.2 Å². The molecule has 0 aliphatic carbocycles. The van der Waals surface area contributed by atoms with Crippen molar-refractivity contribution in [2.24, 2.45) is 0 Å². The van der Waals surface area contributed by atoms with Crippen LogP contribution in [0.3, 0.4) is 0 Å². The van der Waals surface area contributed by atoms with Crippen molar-refractivity contribution in [3.63, 3.8) is 0 Å². The third-order valence-corrected chi connectivity index (χ3v) is 3.63. The van der Waals surface area contributed by atoms with Gasteiger partial charge in [0, 0.05) is 6.42 Å². The SMILES string of the molecule is OC[C@H]1O[C@@H](CC(O)c2ccccc2)[C@H](O)[C@@H](O)[C@H]1O. The van der Waals surface area contributed by atoms with E-state index in [0.29, 0.717) is 5.56 Å². The van der Waals surface area contributed by atoms with Gasteiger partial charge in [-0.2, -0.15) is 0 Å². The first-order valence-corrected chi connectivity index (χ1v) is 6.58. The molecule has 20 heavy (non-hydrogen) atoms. The summed E-state index contributed by atoms with van der Waals surface area (Å²) in [6.07, 6.45) is -6.70. The lowest BCUT2D eigenvalue weighted by molar-refractivity contribution is -0.234. The Kier molecular flexibility index (Phi) is 5.09. The van der Waals surface area contributed by atoms with Crippen LogP contribution < -0.4 is 0 Å². The van der Waals surface area contributed by atoms with Crippen molar-refractivity contribution in [3.8, 4) is 0 Å². The molecule has 0 amide bonds. The number of aliphatic hydroxyl groups excluding tert-OH is 5. The summed E-state index contributed by atoms with van der Waals surface area (Å²) in [5, 5.41) is 48.4. The number of hydrogen-bond donors (Lipinski definition) is 5. The van der Waals surface area contributed by atoms with E-state index in [1.54, 1.807) is 24.3 Å². The topological polar surface area (TPSA) is 110 Å². The molecule has 1 saturated heterocycles. The lowest BCUT2D eigenvalue weighted by Gasteiger charge is -2.40. The molecule has 5 N–H and O–H groups in total. The van der Waals surface area contributed by atoms with E-state index in [0.717, 1.165) is 0 Å². The maximum Gasteiger partial charge on any atom is 0.111 e. The molecule has 0 radical (unpaired) electrons. The molecule has 1 aliphatic rings. The average molecular weight is 284 g/mol. The smallest absolute Gasteiger partial charge is 0.111 e. The van der Waals surface area contributed by atoms with E-state index in [4.69, 9.17) is 9.84 Å². The van der Waals surface area contributed by atoms with E-state index in [1.165, 1.54) is 0 Å². The molecule has 6 nitrogen and oxygen atoms in total. The lowest BCUT2D eigenvalue weighted by Crippen LogP contribution is -2.58. The van der Waals surface area contributed by atoms with Gasteiger partial charge in [0.05, 0.1) is 18.8 Å². The minimum Gasteiger partial charge on any atom is -0.394 e. The molecule has 1 aromatic rings. The first kappa shape index (κ1) is 15.4. The Morgan fingerprint density at radius 2 is 1.55 bits per heavy atom. The number of rotatable bonds is 4. The van der Waals surface area contributed by atoms with Gasteiger partial charge in [-0.1, -0.05) is 30.3 Å². The molecular weight excluding hydrogens is 264 g/mol. The zero-order chi connectivity index (χ0) is 14.7. The van der Waals surface area contributed by atoms with Crippen LogP contribution in [0.15, 0.2) is 30.3 Å². The minimum atomic E-state index is -1.41. The van der Waals surface area contributed by atoms with Gasteiger partial charge in [-0.25, -0.2) is 0 Å². The zero-order valence-corrected chi connectivity index (χ0v) is 10.9. The van der Waals surface area contributed by atoms with Crippen molar-refractivity contribution in [1.82, 2.24) is 0 Å². The second-order valence-corrected chi connectivity index (χ2v) is 5.03. The number of benzene rings is 1. The van der Waals surface area contributed by atoms with Crippen molar-refractivity contribution < 1.29 is 30.3 Å². The van der Waals surface area contributed by atoms with Gasteiger partial charge in [-0.3, -0.25) is 0 Å². The van der Waals surface area contributed by atoms with Gasteiger partial charge < -0.3 is 30.3 Å². The predicted molar refractivity (Wildman–Crippen MR) is 69.8 cm³/mol. The van der Waals surface area contributed by atoms with Crippen molar-refractivity contribution in [2.75, 3.05) is 6.61 Å². The second kappa shape index (κ2) is 6.62. The molecule has 0 saturated carbocycles. The molecule has 112 valence electrons. The van der Waals surface area contributed by atoms with Crippen LogP contribution >= 0.6 is 0 Å². The summed E-state index contributed by atoms with van der Waals surface area (Å²) < 4.78 is 5.35. The van der Waals surface area contributed by atoms with E-state index in [9.17, 15) is 20.4 Å². The molecule has 0 aromatic heterocycles. The first-order valence-electron chi connectivity index (χ1n) is 6.58. The molecule has 0 bridgehead atoms. The van der Waals surface area contributed by atoms with E-state index in [1.807, 2.05) is 6.07 Å². The molecule has 6 heteroatoms. The molecule has 1 aliphatic heterocycles. The summed E-state index contributed by atoms with van der Waals surface area (Å²) in [5.74, 6) is 0. The Bertz CT molecular complexity index is 409. The highest BCUT2D eigenvalue weighted by Gasteiger charge is 2.43. The van der Waals surface area contributed by atoms with Gasteiger partial charge >= 0.3 is 0 Å². The number of ether oxygens (including phenoxy) is 1. The van der Waals surface area contributed by atoms with Crippen LogP contribution in [0.1, 0.15) is 18.1 Å². The predicted octanol–water partition coefficient (Wildman–Crippen LogP) is -1.05. The highest BCUT2D eigenvalue weighted by atomic mass is 16.5. The maximum atomic E-state index is 10.1. The Morgan fingerprint density at radius 1 is 0.950 bits per heavy atom. The molecule has 1 aromatic carbocycles. The Morgan fingerprint density at radius 3 is 2.15 bits per heavy atom. The van der Waals surface area contributed by atoms with Gasteiger partial charge in [0.25, 0.3) is 0 Å². The van der Waals surface area contributed by atoms with Crippen LogP contribution in [0.5, 0.6) is 0 Å². The molecule has 6 atom stereocenters. The van der Waals surface area contributed by atoms with Gasteiger partial charge in [0.15, 0.2) is 0 Å². The fourth-order valence-corrected chi connectivity index (χ4v) is 2.40. The van der Waals surface area contributed by atoms with Gasteiger partial charge in [-0.15, -0.1) is 0 Å². The van der Waals surface area contributed by atoms with Crippen LogP contribution in [-0.4, -0.2) is 62.7 Å². The molecule has 1 unspecified atom stereocenters. The van der Waals surface area contributed by atoms with Crippen LogP contribution in [-0.2, 0) is 4.74 Å². The van der Waals surface area contributed by atoms with E-state index >= 15 is 0 Å². The molecule has 2 rings (SSSR count). The third-order valence-electron chi connectivity index (χ3n) is 3.63. The van der Waals surface area contributed by atoms with Crippen molar-refractivity contribution >= 4 is 0 Å². The largest absolute Gasteiger partial charge is 0.394 e. The van der Waals surface area contributed by atoms with Gasteiger partial charge in [0.1, 0.15) is 24.4 Å². The maximum absolute atomic E-state index is 10.1. The molecule has 1 heterocycles. The Hall–Kier alpha value is -1.02. The summed E-state index contributed by atoms with van der Waals surface area (Å²) in [5.41, 5.74) is 0.671. The van der Waals surface area contributed by atoms with Crippen molar-refractivity contribution in [1.29, 1.82) is 0 Å². The Labute approximate surface area is 116 Å². The number of aliphatic hydroxyl groups is 5. The standard InChI is InChI=1S/C14H20O6/c15-7-11-13(18)14(19)12(17)10(20-11)6-9(16)8-4-2-1-3-5-8/h1-5,9-19H,6-7H2/t9?,10-,11+,12-,13-,14+/m0/s1. The van der Waals surface area contributed by atoms with Crippen molar-refractivity contribution in [2.45, 2.75) is 43.0 Å². The number of hydrogen-bond acceptors (Lipinski definition) is 6. The minimum absolute atomic E-state index is 0.0610. The van der Waals surface area contributed by atoms with Crippen molar-refractivity contribution in [3.05, 3.63) is 35.9 Å². The quantitative estimate of drug-likeness (QED) is 0.483. The second-order valence-electron chi connectivity index (χ2n) is 5.03. The van der Waals surface area contributed by atoms with Crippen LogP contribution in [0.4, 0.5) is 0 Å². The average Bonchev–Trinajstić information content (AvgIpc) is 2.48. The zero-order valence-electron chi connectivity index (χ0n) is 10.9. The normalized spacial score (nSPS) is 35.8. The highest BCUT2D eigenvalue weighted by Crippen LogP contribution is 2.28. The molecular formula is C14H20O6.